The quantitative estimate of drug-likeness (QED) is 0.889. The van der Waals surface area contributed by atoms with Crippen molar-refractivity contribution in [3.63, 3.8) is 0 Å². The number of carbonyl (C=O) groups is 1. The maximum atomic E-state index is 12.6. The zero-order valence-electron chi connectivity index (χ0n) is 13.9. The number of carbonyl (C=O) groups excluding carboxylic acids is 1. The third-order valence-corrected chi connectivity index (χ3v) is 5.71. The summed E-state index contributed by atoms with van der Waals surface area (Å²) in [6.07, 6.45) is 1.86. The molecular formula is C18H27N3OS. The fraction of sp³-hybridized carbons (Fsp3) is 0.611. The van der Waals surface area contributed by atoms with Gasteiger partial charge in [0.1, 0.15) is 0 Å². The van der Waals surface area contributed by atoms with Crippen molar-refractivity contribution >= 4 is 23.4 Å². The third-order valence-electron chi connectivity index (χ3n) is 4.77. The zero-order chi connectivity index (χ0) is 16.1. The molecule has 0 aromatic heterocycles. The van der Waals surface area contributed by atoms with Crippen LogP contribution in [0, 0.1) is 5.92 Å². The fourth-order valence-electron chi connectivity index (χ4n) is 3.39. The summed E-state index contributed by atoms with van der Waals surface area (Å²) < 4.78 is 0. The van der Waals surface area contributed by atoms with E-state index in [0.717, 1.165) is 44.7 Å². The van der Waals surface area contributed by atoms with Crippen molar-refractivity contribution in [2.45, 2.75) is 32.4 Å². The molecule has 0 spiro atoms. The number of piperidine rings is 1. The van der Waals surface area contributed by atoms with Crippen molar-refractivity contribution in [2.24, 2.45) is 5.92 Å². The van der Waals surface area contributed by atoms with Gasteiger partial charge in [0.25, 0.3) is 0 Å². The lowest BCUT2D eigenvalue weighted by Gasteiger charge is -2.29. The second kappa shape index (κ2) is 8.18. The molecule has 1 aromatic carbocycles. The number of anilines is 1. The van der Waals surface area contributed by atoms with Gasteiger partial charge in [-0.3, -0.25) is 9.69 Å². The van der Waals surface area contributed by atoms with E-state index < -0.39 is 0 Å². The highest BCUT2D eigenvalue weighted by Gasteiger charge is 2.25. The number of para-hydroxylation sites is 1. The Morgan fingerprint density at radius 3 is 2.91 bits per heavy atom. The normalized spacial score (nSPS) is 26.0. The molecular weight excluding hydrogens is 306 g/mol. The van der Waals surface area contributed by atoms with Gasteiger partial charge in [0.05, 0.1) is 0 Å². The van der Waals surface area contributed by atoms with Gasteiger partial charge in [-0.2, -0.15) is 11.8 Å². The Hall–Kier alpha value is -1.04. The van der Waals surface area contributed by atoms with Crippen molar-refractivity contribution < 1.29 is 4.79 Å². The third kappa shape index (κ3) is 4.72. The summed E-state index contributed by atoms with van der Waals surface area (Å²) in [7, 11) is 0. The minimum absolute atomic E-state index is 0.130. The number of hydrogen-bond donors (Lipinski definition) is 2. The monoisotopic (exact) mass is 333 g/mol. The molecule has 0 aliphatic carbocycles. The molecule has 5 heteroatoms. The van der Waals surface area contributed by atoms with Gasteiger partial charge < -0.3 is 10.6 Å². The molecule has 0 bridgehead atoms. The summed E-state index contributed by atoms with van der Waals surface area (Å²) >= 11 is 2.03. The Labute approximate surface area is 143 Å². The van der Waals surface area contributed by atoms with Gasteiger partial charge >= 0.3 is 0 Å². The van der Waals surface area contributed by atoms with E-state index in [2.05, 4.69) is 34.6 Å². The zero-order valence-corrected chi connectivity index (χ0v) is 14.7. The molecule has 2 saturated heterocycles. The second-order valence-corrected chi connectivity index (χ2v) is 7.84. The van der Waals surface area contributed by atoms with Crippen molar-refractivity contribution in [2.75, 3.05) is 36.5 Å². The summed E-state index contributed by atoms with van der Waals surface area (Å²) in [5.74, 6) is 2.73. The number of hydrogen-bond acceptors (Lipinski definition) is 4. The first-order valence-electron chi connectivity index (χ1n) is 8.64. The Morgan fingerprint density at radius 1 is 1.35 bits per heavy atom. The predicted octanol–water partition coefficient (Wildman–Crippen LogP) is 2.56. The molecule has 3 rings (SSSR count). The second-order valence-electron chi connectivity index (χ2n) is 6.61. The Kier molecular flexibility index (Phi) is 5.97. The largest absolute Gasteiger partial charge is 0.326 e. The number of amides is 1. The lowest BCUT2D eigenvalue weighted by atomic mass is 9.92. The first kappa shape index (κ1) is 16.8. The molecule has 0 unspecified atom stereocenters. The average Bonchev–Trinajstić information content (AvgIpc) is 2.57. The van der Waals surface area contributed by atoms with Gasteiger partial charge in [-0.05, 0) is 37.9 Å². The Morgan fingerprint density at radius 2 is 2.13 bits per heavy atom. The van der Waals surface area contributed by atoms with Crippen molar-refractivity contribution in [3.8, 4) is 0 Å². The van der Waals surface area contributed by atoms with E-state index in [-0.39, 0.29) is 11.8 Å². The number of nitrogens with zero attached hydrogens (tertiary/aromatic N) is 1. The first-order valence-corrected chi connectivity index (χ1v) is 9.80. The van der Waals surface area contributed by atoms with Crippen LogP contribution in [0.4, 0.5) is 5.69 Å². The standard InChI is InChI=1S/C18H27N3OS/c1-14-12-15(6-7-19-14)18(22)20-17-5-3-2-4-16(17)13-21-8-10-23-11-9-21/h2-5,14-15,19H,6-13H2,1H3,(H,20,22)/t14-,15-/m0/s1. The van der Waals surface area contributed by atoms with Crippen LogP contribution in [0.3, 0.4) is 0 Å². The van der Waals surface area contributed by atoms with Crippen LogP contribution in [0.1, 0.15) is 25.3 Å². The molecule has 1 amide bonds. The molecule has 0 radical (unpaired) electrons. The SMILES string of the molecule is C[C@H]1C[C@@H](C(=O)Nc2ccccc2CN2CCSCC2)CCN1. The molecule has 2 heterocycles. The minimum atomic E-state index is 0.130. The van der Waals surface area contributed by atoms with Crippen molar-refractivity contribution in [3.05, 3.63) is 29.8 Å². The number of thioether (sulfide) groups is 1. The van der Waals surface area contributed by atoms with E-state index in [9.17, 15) is 4.79 Å². The van der Waals surface area contributed by atoms with Crippen LogP contribution in [0.25, 0.3) is 0 Å². The summed E-state index contributed by atoms with van der Waals surface area (Å²) in [4.78, 5) is 15.1. The molecule has 23 heavy (non-hydrogen) atoms. The number of benzene rings is 1. The summed E-state index contributed by atoms with van der Waals surface area (Å²) in [6.45, 7) is 6.30. The van der Waals surface area contributed by atoms with Crippen molar-refractivity contribution in [1.82, 2.24) is 10.2 Å². The lowest BCUT2D eigenvalue weighted by molar-refractivity contribution is -0.120. The highest BCUT2D eigenvalue weighted by Crippen LogP contribution is 2.23. The van der Waals surface area contributed by atoms with Crippen molar-refractivity contribution in [1.29, 1.82) is 0 Å². The van der Waals surface area contributed by atoms with E-state index in [1.807, 2.05) is 23.9 Å². The molecule has 1 aromatic rings. The minimum Gasteiger partial charge on any atom is -0.326 e. The molecule has 2 aliphatic rings. The fourth-order valence-corrected chi connectivity index (χ4v) is 4.36. The maximum absolute atomic E-state index is 12.6. The van der Waals surface area contributed by atoms with Crippen LogP contribution in [0.2, 0.25) is 0 Å². The average molecular weight is 334 g/mol. The number of rotatable bonds is 4. The van der Waals surface area contributed by atoms with E-state index >= 15 is 0 Å². The smallest absolute Gasteiger partial charge is 0.227 e. The van der Waals surface area contributed by atoms with Crippen LogP contribution in [0.15, 0.2) is 24.3 Å². The molecule has 126 valence electrons. The van der Waals surface area contributed by atoms with Gasteiger partial charge in [0.15, 0.2) is 0 Å². The van der Waals surface area contributed by atoms with E-state index in [4.69, 9.17) is 0 Å². The predicted molar refractivity (Wildman–Crippen MR) is 97.9 cm³/mol. The van der Waals surface area contributed by atoms with Crippen LogP contribution in [0.5, 0.6) is 0 Å². The lowest BCUT2D eigenvalue weighted by Crippen LogP contribution is -2.40. The first-order chi connectivity index (χ1) is 11.2. The summed E-state index contributed by atoms with van der Waals surface area (Å²) in [5.41, 5.74) is 2.22. The van der Waals surface area contributed by atoms with E-state index in [1.54, 1.807) is 0 Å². The van der Waals surface area contributed by atoms with Crippen LogP contribution in [-0.2, 0) is 11.3 Å². The summed E-state index contributed by atoms with van der Waals surface area (Å²) in [6, 6.07) is 8.69. The molecule has 2 atom stereocenters. The molecule has 4 nitrogen and oxygen atoms in total. The molecule has 2 fully saturated rings. The Balaban J connectivity index is 1.63. The Bertz CT molecular complexity index is 531. The van der Waals surface area contributed by atoms with E-state index in [0.29, 0.717) is 6.04 Å². The highest BCUT2D eigenvalue weighted by molar-refractivity contribution is 7.99. The molecule has 2 N–H and O–H groups in total. The van der Waals surface area contributed by atoms with E-state index in [1.165, 1.54) is 17.1 Å². The van der Waals surface area contributed by atoms with Gasteiger partial charge in [0.2, 0.25) is 5.91 Å². The van der Waals surface area contributed by atoms with Gasteiger partial charge in [0, 0.05) is 48.8 Å². The van der Waals surface area contributed by atoms with Gasteiger partial charge in [-0.1, -0.05) is 18.2 Å². The van der Waals surface area contributed by atoms with Crippen LogP contribution < -0.4 is 10.6 Å². The van der Waals surface area contributed by atoms with Crippen LogP contribution in [-0.4, -0.2) is 48.0 Å². The van der Waals surface area contributed by atoms with Gasteiger partial charge in [-0.25, -0.2) is 0 Å². The molecule has 0 saturated carbocycles. The summed E-state index contributed by atoms with van der Waals surface area (Å²) in [5, 5.41) is 6.60. The van der Waals surface area contributed by atoms with Gasteiger partial charge in [-0.15, -0.1) is 0 Å². The maximum Gasteiger partial charge on any atom is 0.227 e. The highest BCUT2D eigenvalue weighted by atomic mass is 32.2. The molecule has 2 aliphatic heterocycles. The van der Waals surface area contributed by atoms with Crippen LogP contribution >= 0.6 is 11.8 Å². The number of nitrogens with one attached hydrogen (secondary N) is 2. The topological polar surface area (TPSA) is 44.4 Å².